The zero-order chi connectivity index (χ0) is 15.1. The smallest absolute Gasteiger partial charge is 0.133 e. The van der Waals surface area contributed by atoms with Crippen LogP contribution in [-0.2, 0) is 6.42 Å². The van der Waals surface area contributed by atoms with Crippen molar-refractivity contribution >= 4 is 11.6 Å². The predicted octanol–water partition coefficient (Wildman–Crippen LogP) is 4.24. The van der Waals surface area contributed by atoms with E-state index in [0.29, 0.717) is 6.04 Å². The molecule has 1 aliphatic rings. The second-order valence-corrected chi connectivity index (χ2v) is 6.21. The summed E-state index contributed by atoms with van der Waals surface area (Å²) in [6.45, 7) is 7.59. The average Bonchev–Trinajstić information content (AvgIpc) is 2.99. The van der Waals surface area contributed by atoms with Crippen molar-refractivity contribution in [2.45, 2.75) is 71.8 Å². The van der Waals surface area contributed by atoms with Crippen LogP contribution in [0.15, 0.2) is 6.07 Å². The third-order valence-corrected chi connectivity index (χ3v) is 4.28. The van der Waals surface area contributed by atoms with Crippen LogP contribution < -0.4 is 10.6 Å². The molecule has 1 saturated carbocycles. The van der Waals surface area contributed by atoms with Gasteiger partial charge in [0.2, 0.25) is 0 Å². The minimum Gasteiger partial charge on any atom is -0.370 e. The minimum absolute atomic E-state index is 0.496. The van der Waals surface area contributed by atoms with E-state index < -0.39 is 0 Å². The van der Waals surface area contributed by atoms with Crippen molar-refractivity contribution in [1.82, 2.24) is 9.97 Å². The number of nitrogens with one attached hydrogen (secondary N) is 2. The molecule has 4 heteroatoms. The molecule has 0 radical (unpaired) electrons. The maximum absolute atomic E-state index is 4.68. The highest BCUT2D eigenvalue weighted by Gasteiger charge is 2.21. The highest BCUT2D eigenvalue weighted by Crippen LogP contribution is 2.29. The van der Waals surface area contributed by atoms with Gasteiger partial charge in [-0.1, -0.05) is 26.7 Å². The van der Waals surface area contributed by atoms with Crippen molar-refractivity contribution in [2.75, 3.05) is 17.2 Å². The standard InChI is InChI=1S/C17H30N4/c1-4-8-15-20-16(18-11-5-2)12-17(21-15)19-13(3)14-9-6-7-10-14/h12-14H,4-11H2,1-3H3,(H2,18,19,20,21). The van der Waals surface area contributed by atoms with E-state index in [1.807, 2.05) is 0 Å². The van der Waals surface area contributed by atoms with Crippen LogP contribution in [0.5, 0.6) is 0 Å². The Morgan fingerprint density at radius 1 is 1.14 bits per heavy atom. The van der Waals surface area contributed by atoms with E-state index in [1.165, 1.54) is 25.7 Å². The summed E-state index contributed by atoms with van der Waals surface area (Å²) in [6, 6.07) is 2.55. The minimum atomic E-state index is 0.496. The summed E-state index contributed by atoms with van der Waals surface area (Å²) < 4.78 is 0. The summed E-state index contributed by atoms with van der Waals surface area (Å²) in [6.07, 6.45) is 8.58. The molecule has 0 saturated heterocycles. The number of aryl methyl sites for hydroxylation is 1. The van der Waals surface area contributed by atoms with E-state index in [1.54, 1.807) is 0 Å². The van der Waals surface area contributed by atoms with Gasteiger partial charge in [-0.05, 0) is 38.5 Å². The van der Waals surface area contributed by atoms with Crippen LogP contribution in [0.3, 0.4) is 0 Å². The Bertz CT molecular complexity index is 427. The Kier molecular flexibility index (Phi) is 6.27. The summed E-state index contributed by atoms with van der Waals surface area (Å²) in [5, 5.41) is 6.99. The molecular formula is C17H30N4. The molecule has 0 aromatic carbocycles. The van der Waals surface area contributed by atoms with Crippen LogP contribution >= 0.6 is 0 Å². The summed E-state index contributed by atoms with van der Waals surface area (Å²) >= 11 is 0. The summed E-state index contributed by atoms with van der Waals surface area (Å²) in [7, 11) is 0. The normalized spacial score (nSPS) is 16.9. The van der Waals surface area contributed by atoms with Crippen LogP contribution in [0.1, 0.15) is 65.1 Å². The molecule has 2 rings (SSSR count). The van der Waals surface area contributed by atoms with E-state index in [9.17, 15) is 0 Å². The Morgan fingerprint density at radius 3 is 2.52 bits per heavy atom. The molecule has 1 unspecified atom stereocenters. The Hall–Kier alpha value is -1.32. The number of hydrogen-bond donors (Lipinski definition) is 2. The van der Waals surface area contributed by atoms with Gasteiger partial charge in [-0.25, -0.2) is 9.97 Å². The molecule has 2 N–H and O–H groups in total. The highest BCUT2D eigenvalue weighted by atomic mass is 15.1. The highest BCUT2D eigenvalue weighted by molar-refractivity contribution is 5.48. The van der Waals surface area contributed by atoms with Gasteiger partial charge >= 0.3 is 0 Å². The molecule has 1 aromatic heterocycles. The first-order valence-electron chi connectivity index (χ1n) is 8.61. The maximum Gasteiger partial charge on any atom is 0.133 e. The molecule has 1 atom stereocenters. The predicted molar refractivity (Wildman–Crippen MR) is 89.9 cm³/mol. The van der Waals surface area contributed by atoms with Crippen molar-refractivity contribution < 1.29 is 0 Å². The van der Waals surface area contributed by atoms with Crippen LogP contribution in [0.2, 0.25) is 0 Å². The maximum atomic E-state index is 4.68. The van der Waals surface area contributed by atoms with Crippen LogP contribution in [0.25, 0.3) is 0 Å². The second kappa shape index (κ2) is 8.20. The number of nitrogens with zero attached hydrogens (tertiary/aromatic N) is 2. The van der Waals surface area contributed by atoms with E-state index >= 15 is 0 Å². The Balaban J connectivity index is 2.06. The van der Waals surface area contributed by atoms with Crippen LogP contribution in [-0.4, -0.2) is 22.6 Å². The largest absolute Gasteiger partial charge is 0.370 e. The van der Waals surface area contributed by atoms with Crippen molar-refractivity contribution in [3.05, 3.63) is 11.9 Å². The molecule has 4 nitrogen and oxygen atoms in total. The van der Waals surface area contributed by atoms with Gasteiger partial charge in [0.15, 0.2) is 0 Å². The summed E-state index contributed by atoms with van der Waals surface area (Å²) in [5.41, 5.74) is 0. The monoisotopic (exact) mass is 290 g/mol. The third kappa shape index (κ3) is 4.87. The van der Waals surface area contributed by atoms with Gasteiger partial charge in [-0.15, -0.1) is 0 Å². The van der Waals surface area contributed by atoms with Crippen molar-refractivity contribution in [1.29, 1.82) is 0 Å². The topological polar surface area (TPSA) is 49.8 Å². The molecule has 1 aromatic rings. The zero-order valence-electron chi connectivity index (χ0n) is 13.8. The van der Waals surface area contributed by atoms with E-state index in [0.717, 1.165) is 49.2 Å². The van der Waals surface area contributed by atoms with E-state index in [4.69, 9.17) is 0 Å². The van der Waals surface area contributed by atoms with Crippen molar-refractivity contribution in [3.63, 3.8) is 0 Å². The van der Waals surface area contributed by atoms with Gasteiger partial charge in [0.25, 0.3) is 0 Å². The van der Waals surface area contributed by atoms with Gasteiger partial charge < -0.3 is 10.6 Å². The molecule has 1 heterocycles. The molecule has 0 spiro atoms. The quantitative estimate of drug-likeness (QED) is 0.752. The summed E-state index contributed by atoms with van der Waals surface area (Å²) in [5.74, 6) is 3.67. The molecule has 0 amide bonds. The van der Waals surface area contributed by atoms with Gasteiger partial charge in [-0.3, -0.25) is 0 Å². The molecule has 0 bridgehead atoms. The zero-order valence-corrected chi connectivity index (χ0v) is 13.8. The molecule has 1 fully saturated rings. The van der Waals surface area contributed by atoms with Gasteiger partial charge in [0.05, 0.1) is 0 Å². The number of aromatic nitrogens is 2. The lowest BCUT2D eigenvalue weighted by atomic mass is 10.00. The lowest BCUT2D eigenvalue weighted by Crippen LogP contribution is -2.24. The first kappa shape index (κ1) is 16.1. The molecule has 1 aliphatic carbocycles. The SMILES string of the molecule is CCCNc1cc(NC(C)C2CCCC2)nc(CCC)n1. The molecule has 0 aliphatic heterocycles. The van der Waals surface area contributed by atoms with Crippen LogP contribution in [0, 0.1) is 5.92 Å². The van der Waals surface area contributed by atoms with E-state index in [-0.39, 0.29) is 0 Å². The lowest BCUT2D eigenvalue weighted by molar-refractivity contribution is 0.481. The Labute approximate surface area is 129 Å². The molecule has 21 heavy (non-hydrogen) atoms. The van der Waals surface area contributed by atoms with Crippen molar-refractivity contribution in [2.24, 2.45) is 5.92 Å². The van der Waals surface area contributed by atoms with Gasteiger partial charge in [-0.2, -0.15) is 0 Å². The molecular weight excluding hydrogens is 260 g/mol. The molecule has 118 valence electrons. The fourth-order valence-electron chi connectivity index (χ4n) is 3.06. The van der Waals surface area contributed by atoms with E-state index in [2.05, 4.69) is 47.4 Å². The average molecular weight is 290 g/mol. The lowest BCUT2D eigenvalue weighted by Gasteiger charge is -2.21. The third-order valence-electron chi connectivity index (χ3n) is 4.28. The van der Waals surface area contributed by atoms with Gasteiger partial charge in [0, 0.05) is 25.1 Å². The second-order valence-electron chi connectivity index (χ2n) is 6.21. The summed E-state index contributed by atoms with van der Waals surface area (Å²) in [4.78, 5) is 9.28. The number of anilines is 2. The fourth-order valence-corrected chi connectivity index (χ4v) is 3.06. The fraction of sp³-hybridized carbons (Fsp3) is 0.765. The van der Waals surface area contributed by atoms with Crippen molar-refractivity contribution in [3.8, 4) is 0 Å². The van der Waals surface area contributed by atoms with Gasteiger partial charge in [0.1, 0.15) is 17.5 Å². The first-order chi connectivity index (χ1) is 10.2. The Morgan fingerprint density at radius 2 is 1.86 bits per heavy atom. The first-order valence-corrected chi connectivity index (χ1v) is 8.61. The number of hydrogen-bond acceptors (Lipinski definition) is 4. The van der Waals surface area contributed by atoms with Crippen LogP contribution in [0.4, 0.5) is 11.6 Å². The number of rotatable bonds is 8.